The Hall–Kier alpha value is -2.34. The number of carbonyl (C=O) groups excluding carboxylic acids is 1. The van der Waals surface area contributed by atoms with Crippen LogP contribution in [0.2, 0.25) is 0 Å². The van der Waals surface area contributed by atoms with Crippen LogP contribution in [0.4, 0.5) is 24.5 Å². The molecule has 0 aliphatic rings. The number of aryl methyl sites for hydroxylation is 1. The van der Waals surface area contributed by atoms with Crippen molar-refractivity contribution in [3.8, 4) is 0 Å². The van der Waals surface area contributed by atoms with Gasteiger partial charge >= 0.3 is 0 Å². The molecule has 0 atom stereocenters. The van der Waals surface area contributed by atoms with Gasteiger partial charge in [0.25, 0.3) is 0 Å². The first-order valence-corrected chi connectivity index (χ1v) is 6.94. The molecule has 0 radical (unpaired) electrons. The summed E-state index contributed by atoms with van der Waals surface area (Å²) in [6.45, 7) is 5.70. The number of aldehydes is 1. The van der Waals surface area contributed by atoms with E-state index in [2.05, 4.69) is 5.32 Å². The monoisotopic (exact) mass is 327 g/mol. The fourth-order valence-corrected chi connectivity index (χ4v) is 1.65. The van der Waals surface area contributed by atoms with Crippen LogP contribution in [0.1, 0.15) is 29.8 Å². The number of benzene rings is 2. The molecule has 2 aromatic carbocycles. The minimum Gasteiger partial charge on any atom is -0.400 e. The molecular formula is C17H20F3NO2. The fourth-order valence-electron chi connectivity index (χ4n) is 1.65. The Morgan fingerprint density at radius 3 is 2.13 bits per heavy atom. The van der Waals surface area contributed by atoms with Crippen molar-refractivity contribution >= 4 is 17.7 Å². The third-order valence-electron chi connectivity index (χ3n) is 2.64. The summed E-state index contributed by atoms with van der Waals surface area (Å²) in [6.07, 6.45) is 0.372. The van der Waals surface area contributed by atoms with E-state index in [9.17, 15) is 18.0 Å². The first kappa shape index (κ1) is 20.7. The standard InChI is InChI=1S/C14H10F3NO.C2H6.CH4O/c1-8-2-5-12(11(16)6-8)18-14-9(7-19)3-4-10(15)13(14)17;2*1-2/h2-7,18H,1H3;1-2H3;2H,1H3. The molecule has 23 heavy (non-hydrogen) atoms. The van der Waals surface area contributed by atoms with Crippen LogP contribution in [0.25, 0.3) is 0 Å². The highest BCUT2D eigenvalue weighted by Gasteiger charge is 2.14. The van der Waals surface area contributed by atoms with Gasteiger partial charge in [-0.2, -0.15) is 0 Å². The summed E-state index contributed by atoms with van der Waals surface area (Å²) >= 11 is 0. The summed E-state index contributed by atoms with van der Waals surface area (Å²) in [5.41, 5.74) is 0.202. The highest BCUT2D eigenvalue weighted by molar-refractivity contribution is 5.86. The first-order chi connectivity index (χ1) is 11.0. The molecule has 126 valence electrons. The summed E-state index contributed by atoms with van der Waals surface area (Å²) < 4.78 is 40.4. The maximum atomic E-state index is 13.6. The third-order valence-corrected chi connectivity index (χ3v) is 2.64. The van der Waals surface area contributed by atoms with Gasteiger partial charge in [0.2, 0.25) is 0 Å². The second kappa shape index (κ2) is 10.4. The molecule has 0 spiro atoms. The highest BCUT2D eigenvalue weighted by atomic mass is 19.2. The summed E-state index contributed by atoms with van der Waals surface area (Å²) in [7, 11) is 1.00. The molecule has 0 bridgehead atoms. The molecule has 2 aromatic rings. The normalized spacial score (nSPS) is 9.04. The van der Waals surface area contributed by atoms with Gasteiger partial charge in [-0.25, -0.2) is 13.2 Å². The predicted octanol–water partition coefficient (Wildman–Crippen LogP) is 4.60. The van der Waals surface area contributed by atoms with E-state index < -0.39 is 17.5 Å². The molecule has 0 heterocycles. The smallest absolute Gasteiger partial charge is 0.182 e. The van der Waals surface area contributed by atoms with Gasteiger partial charge < -0.3 is 10.4 Å². The Kier molecular flexibility index (Phi) is 9.34. The van der Waals surface area contributed by atoms with Gasteiger partial charge in [-0.05, 0) is 36.8 Å². The van der Waals surface area contributed by atoms with E-state index >= 15 is 0 Å². The third kappa shape index (κ3) is 5.41. The van der Waals surface area contributed by atoms with Crippen molar-refractivity contribution in [3.05, 3.63) is 58.9 Å². The van der Waals surface area contributed by atoms with Gasteiger partial charge in [-0.3, -0.25) is 4.79 Å². The van der Waals surface area contributed by atoms with E-state index in [1.807, 2.05) is 13.8 Å². The lowest BCUT2D eigenvalue weighted by molar-refractivity contribution is 0.112. The van der Waals surface area contributed by atoms with Gasteiger partial charge in [0.1, 0.15) is 5.82 Å². The molecule has 0 aliphatic heterocycles. The van der Waals surface area contributed by atoms with E-state index in [0.717, 1.165) is 19.2 Å². The van der Waals surface area contributed by atoms with Gasteiger partial charge in [0, 0.05) is 12.7 Å². The summed E-state index contributed by atoms with van der Waals surface area (Å²) in [5.74, 6) is -2.94. The van der Waals surface area contributed by atoms with Gasteiger partial charge in [-0.15, -0.1) is 0 Å². The Bertz CT molecular complexity index is 646. The van der Waals surface area contributed by atoms with Crippen molar-refractivity contribution < 1.29 is 23.1 Å². The lowest BCUT2D eigenvalue weighted by Crippen LogP contribution is -2.02. The predicted molar refractivity (Wildman–Crippen MR) is 85.7 cm³/mol. The molecule has 3 nitrogen and oxygen atoms in total. The number of halogens is 3. The minimum absolute atomic E-state index is 0.0294. The van der Waals surface area contributed by atoms with E-state index in [-0.39, 0.29) is 16.9 Å². The quantitative estimate of drug-likeness (QED) is 0.810. The average Bonchev–Trinajstić information content (AvgIpc) is 2.58. The lowest BCUT2D eigenvalue weighted by Gasteiger charge is -2.11. The summed E-state index contributed by atoms with van der Waals surface area (Å²) in [5, 5.41) is 9.41. The molecule has 0 fully saturated rings. The number of aliphatic hydroxyl groups excluding tert-OH is 1. The highest BCUT2D eigenvalue weighted by Crippen LogP contribution is 2.27. The van der Waals surface area contributed by atoms with Crippen molar-refractivity contribution in [2.75, 3.05) is 12.4 Å². The molecule has 0 saturated heterocycles. The Morgan fingerprint density at radius 1 is 1.00 bits per heavy atom. The van der Waals surface area contributed by atoms with E-state index in [0.29, 0.717) is 11.8 Å². The molecule has 6 heteroatoms. The molecule has 0 aromatic heterocycles. The molecule has 2 N–H and O–H groups in total. The topological polar surface area (TPSA) is 49.3 Å². The second-order valence-corrected chi connectivity index (χ2v) is 4.05. The van der Waals surface area contributed by atoms with Crippen molar-refractivity contribution in [2.45, 2.75) is 20.8 Å². The first-order valence-electron chi connectivity index (χ1n) is 6.94. The van der Waals surface area contributed by atoms with Crippen molar-refractivity contribution in [1.82, 2.24) is 0 Å². The Morgan fingerprint density at radius 2 is 1.61 bits per heavy atom. The number of aliphatic hydroxyl groups is 1. The van der Waals surface area contributed by atoms with Crippen LogP contribution in [0.15, 0.2) is 30.3 Å². The molecule has 0 aliphatic carbocycles. The number of hydrogen-bond acceptors (Lipinski definition) is 3. The van der Waals surface area contributed by atoms with Crippen LogP contribution < -0.4 is 5.32 Å². The minimum atomic E-state index is -1.22. The molecule has 2 rings (SSSR count). The number of rotatable bonds is 3. The molecule has 0 saturated carbocycles. The maximum Gasteiger partial charge on any atom is 0.182 e. The number of nitrogens with one attached hydrogen (secondary N) is 1. The van der Waals surface area contributed by atoms with Crippen molar-refractivity contribution in [2.24, 2.45) is 0 Å². The lowest BCUT2D eigenvalue weighted by atomic mass is 10.1. The van der Waals surface area contributed by atoms with Crippen molar-refractivity contribution in [1.29, 1.82) is 0 Å². The number of anilines is 2. The Labute approximate surface area is 133 Å². The summed E-state index contributed by atoms with van der Waals surface area (Å²) in [4.78, 5) is 10.8. The van der Waals surface area contributed by atoms with Crippen LogP contribution in [-0.4, -0.2) is 18.5 Å². The van der Waals surface area contributed by atoms with Crippen molar-refractivity contribution in [3.63, 3.8) is 0 Å². The fraction of sp³-hybridized carbons (Fsp3) is 0.235. The second-order valence-electron chi connectivity index (χ2n) is 4.05. The van der Waals surface area contributed by atoms with Crippen LogP contribution in [0, 0.1) is 24.4 Å². The number of hydrogen-bond donors (Lipinski definition) is 2. The summed E-state index contributed by atoms with van der Waals surface area (Å²) in [6, 6.07) is 6.22. The zero-order valence-corrected chi connectivity index (χ0v) is 13.5. The molecule has 0 unspecified atom stereocenters. The maximum absolute atomic E-state index is 13.6. The van der Waals surface area contributed by atoms with Gasteiger partial charge in [0.15, 0.2) is 17.9 Å². The molecular weight excluding hydrogens is 307 g/mol. The zero-order chi connectivity index (χ0) is 18.0. The molecule has 0 amide bonds. The average molecular weight is 327 g/mol. The SMILES string of the molecule is CC.CO.Cc1ccc(Nc2c(C=O)ccc(F)c2F)c(F)c1. The van der Waals surface area contributed by atoms with Crippen LogP contribution in [0.3, 0.4) is 0 Å². The van der Waals surface area contributed by atoms with Crippen LogP contribution in [-0.2, 0) is 0 Å². The van der Waals surface area contributed by atoms with E-state index in [1.165, 1.54) is 12.1 Å². The Balaban J connectivity index is 0.00000112. The van der Waals surface area contributed by atoms with Crippen LogP contribution in [0.5, 0.6) is 0 Å². The zero-order valence-electron chi connectivity index (χ0n) is 13.5. The van der Waals surface area contributed by atoms with Crippen LogP contribution >= 0.6 is 0 Å². The van der Waals surface area contributed by atoms with Gasteiger partial charge in [0.05, 0.1) is 11.4 Å². The number of carbonyl (C=O) groups is 1. The van der Waals surface area contributed by atoms with Gasteiger partial charge in [-0.1, -0.05) is 19.9 Å². The van der Waals surface area contributed by atoms with E-state index in [4.69, 9.17) is 5.11 Å². The largest absolute Gasteiger partial charge is 0.400 e. The van der Waals surface area contributed by atoms with E-state index in [1.54, 1.807) is 13.0 Å².